The molecule has 0 saturated carbocycles. The van der Waals surface area contributed by atoms with E-state index < -0.39 is 0 Å². The Morgan fingerprint density at radius 2 is 2.08 bits per heavy atom. The number of halogens is 2. The molecule has 0 spiro atoms. The molecular formula is C7H5Br2N3. The van der Waals surface area contributed by atoms with Crippen molar-refractivity contribution in [3.05, 3.63) is 21.1 Å². The normalized spacial score (nSPS) is 10.8. The smallest absolute Gasteiger partial charge is 0.198 e. The average molecular weight is 291 g/mol. The van der Waals surface area contributed by atoms with Crippen LogP contribution in [0.3, 0.4) is 0 Å². The molecule has 2 rings (SSSR count). The predicted molar refractivity (Wildman–Crippen MR) is 55.9 cm³/mol. The maximum atomic E-state index is 5.51. The molecule has 0 saturated heterocycles. The lowest BCUT2D eigenvalue weighted by molar-refractivity contribution is 1.35. The number of benzene rings is 1. The fourth-order valence-corrected chi connectivity index (χ4v) is 1.79. The molecule has 0 unspecified atom stereocenters. The SMILES string of the molecule is Nc1nc2c(Br)c(Br)ccc2[nH]1. The van der Waals surface area contributed by atoms with E-state index in [2.05, 4.69) is 41.8 Å². The Labute approximate surface area is 85.6 Å². The van der Waals surface area contributed by atoms with Crippen LogP contribution in [0.15, 0.2) is 21.1 Å². The third-order valence-electron chi connectivity index (χ3n) is 1.56. The highest BCUT2D eigenvalue weighted by molar-refractivity contribution is 9.13. The van der Waals surface area contributed by atoms with Crippen molar-refractivity contribution in [1.82, 2.24) is 9.97 Å². The first kappa shape index (κ1) is 8.07. The first-order valence-electron chi connectivity index (χ1n) is 3.27. The van der Waals surface area contributed by atoms with E-state index in [1.807, 2.05) is 12.1 Å². The van der Waals surface area contributed by atoms with Crippen molar-refractivity contribution >= 4 is 48.8 Å². The van der Waals surface area contributed by atoms with Crippen molar-refractivity contribution in [2.75, 3.05) is 5.73 Å². The number of imidazole rings is 1. The molecule has 3 N–H and O–H groups in total. The molecule has 1 heterocycles. The lowest BCUT2D eigenvalue weighted by Gasteiger charge is -1.94. The van der Waals surface area contributed by atoms with E-state index in [0.717, 1.165) is 20.0 Å². The van der Waals surface area contributed by atoms with Gasteiger partial charge in [-0.3, -0.25) is 0 Å². The zero-order chi connectivity index (χ0) is 8.72. The second-order valence-corrected chi connectivity index (χ2v) is 4.03. The molecule has 0 amide bonds. The molecule has 0 aliphatic heterocycles. The predicted octanol–water partition coefficient (Wildman–Crippen LogP) is 2.67. The number of nitrogens with zero attached hydrogens (tertiary/aromatic N) is 1. The van der Waals surface area contributed by atoms with E-state index >= 15 is 0 Å². The summed E-state index contributed by atoms with van der Waals surface area (Å²) in [5.74, 6) is 0.434. The molecule has 2 aromatic rings. The molecular weight excluding hydrogens is 286 g/mol. The van der Waals surface area contributed by atoms with Gasteiger partial charge in [0.1, 0.15) is 5.52 Å². The number of H-pyrrole nitrogens is 1. The Balaban J connectivity index is 2.89. The highest BCUT2D eigenvalue weighted by Crippen LogP contribution is 2.30. The van der Waals surface area contributed by atoms with Crippen LogP contribution >= 0.6 is 31.9 Å². The number of fused-ring (bicyclic) bond motifs is 1. The molecule has 0 fully saturated rings. The van der Waals surface area contributed by atoms with Gasteiger partial charge in [-0.15, -0.1) is 0 Å². The zero-order valence-electron chi connectivity index (χ0n) is 5.94. The topological polar surface area (TPSA) is 54.7 Å². The van der Waals surface area contributed by atoms with E-state index in [0.29, 0.717) is 5.95 Å². The molecule has 3 nitrogen and oxygen atoms in total. The van der Waals surface area contributed by atoms with Gasteiger partial charge >= 0.3 is 0 Å². The van der Waals surface area contributed by atoms with Crippen molar-refractivity contribution in [3.63, 3.8) is 0 Å². The Morgan fingerprint density at radius 1 is 1.33 bits per heavy atom. The fraction of sp³-hybridized carbons (Fsp3) is 0. The van der Waals surface area contributed by atoms with E-state index in [-0.39, 0.29) is 0 Å². The highest BCUT2D eigenvalue weighted by atomic mass is 79.9. The minimum atomic E-state index is 0.434. The molecule has 0 atom stereocenters. The Bertz CT molecular complexity index is 435. The van der Waals surface area contributed by atoms with Gasteiger partial charge in [-0.2, -0.15) is 0 Å². The van der Waals surface area contributed by atoms with Crippen LogP contribution in [-0.4, -0.2) is 9.97 Å². The minimum Gasteiger partial charge on any atom is -0.369 e. The van der Waals surface area contributed by atoms with Crippen LogP contribution in [-0.2, 0) is 0 Å². The molecule has 1 aromatic heterocycles. The van der Waals surface area contributed by atoms with Gasteiger partial charge in [-0.05, 0) is 44.0 Å². The number of rotatable bonds is 0. The summed E-state index contributed by atoms with van der Waals surface area (Å²) in [6.07, 6.45) is 0. The van der Waals surface area contributed by atoms with Gasteiger partial charge in [0.05, 0.1) is 9.99 Å². The van der Waals surface area contributed by atoms with Gasteiger partial charge in [-0.1, -0.05) is 0 Å². The number of anilines is 1. The Kier molecular flexibility index (Phi) is 1.84. The molecule has 0 aliphatic carbocycles. The van der Waals surface area contributed by atoms with E-state index in [9.17, 15) is 0 Å². The second-order valence-electron chi connectivity index (χ2n) is 2.38. The monoisotopic (exact) mass is 289 g/mol. The molecule has 0 aliphatic rings. The first-order valence-corrected chi connectivity index (χ1v) is 4.86. The van der Waals surface area contributed by atoms with Gasteiger partial charge in [0.25, 0.3) is 0 Å². The molecule has 0 bridgehead atoms. The third-order valence-corrected chi connectivity index (χ3v) is 3.56. The van der Waals surface area contributed by atoms with Gasteiger partial charge < -0.3 is 10.7 Å². The van der Waals surface area contributed by atoms with E-state index in [4.69, 9.17) is 5.73 Å². The summed E-state index contributed by atoms with van der Waals surface area (Å²) in [7, 11) is 0. The second kappa shape index (κ2) is 2.74. The summed E-state index contributed by atoms with van der Waals surface area (Å²) in [5.41, 5.74) is 7.29. The van der Waals surface area contributed by atoms with E-state index in [1.54, 1.807) is 0 Å². The van der Waals surface area contributed by atoms with Crippen LogP contribution < -0.4 is 5.73 Å². The molecule has 0 radical (unpaired) electrons. The average Bonchev–Trinajstić information content (AvgIpc) is 2.39. The van der Waals surface area contributed by atoms with Crippen LogP contribution in [0.4, 0.5) is 5.95 Å². The van der Waals surface area contributed by atoms with Crippen LogP contribution in [0.25, 0.3) is 11.0 Å². The maximum absolute atomic E-state index is 5.51. The van der Waals surface area contributed by atoms with Gasteiger partial charge in [0.2, 0.25) is 0 Å². The number of hydrogen-bond donors (Lipinski definition) is 2. The Hall–Kier alpha value is -0.550. The van der Waals surface area contributed by atoms with Crippen molar-refractivity contribution < 1.29 is 0 Å². The van der Waals surface area contributed by atoms with Gasteiger partial charge in [0.15, 0.2) is 5.95 Å². The number of nitrogen functional groups attached to an aromatic ring is 1. The van der Waals surface area contributed by atoms with Crippen molar-refractivity contribution in [1.29, 1.82) is 0 Å². The van der Waals surface area contributed by atoms with Gasteiger partial charge in [0, 0.05) is 4.47 Å². The fourth-order valence-electron chi connectivity index (χ4n) is 1.04. The first-order chi connectivity index (χ1) is 5.68. The number of nitrogens with one attached hydrogen (secondary N) is 1. The molecule has 12 heavy (non-hydrogen) atoms. The third kappa shape index (κ3) is 1.13. The molecule has 1 aromatic carbocycles. The summed E-state index contributed by atoms with van der Waals surface area (Å²) in [4.78, 5) is 7.06. The summed E-state index contributed by atoms with van der Waals surface area (Å²) >= 11 is 6.79. The summed E-state index contributed by atoms with van der Waals surface area (Å²) in [5, 5.41) is 0. The van der Waals surface area contributed by atoms with Gasteiger partial charge in [-0.25, -0.2) is 4.98 Å². The van der Waals surface area contributed by atoms with Crippen molar-refractivity contribution in [2.45, 2.75) is 0 Å². The van der Waals surface area contributed by atoms with E-state index in [1.165, 1.54) is 0 Å². The Morgan fingerprint density at radius 3 is 2.83 bits per heavy atom. The lowest BCUT2D eigenvalue weighted by atomic mass is 10.3. The highest BCUT2D eigenvalue weighted by Gasteiger charge is 2.06. The zero-order valence-corrected chi connectivity index (χ0v) is 9.11. The lowest BCUT2D eigenvalue weighted by Crippen LogP contribution is -1.84. The number of nitrogens with two attached hydrogens (primary N) is 1. The maximum Gasteiger partial charge on any atom is 0.198 e. The molecule has 5 heteroatoms. The summed E-state index contributed by atoms with van der Waals surface area (Å²) < 4.78 is 1.90. The van der Waals surface area contributed by atoms with Crippen LogP contribution in [0, 0.1) is 0 Å². The van der Waals surface area contributed by atoms with Crippen LogP contribution in [0.2, 0.25) is 0 Å². The number of aromatic nitrogens is 2. The molecule has 62 valence electrons. The summed E-state index contributed by atoms with van der Waals surface area (Å²) in [6, 6.07) is 3.86. The van der Waals surface area contributed by atoms with Crippen molar-refractivity contribution in [2.24, 2.45) is 0 Å². The van der Waals surface area contributed by atoms with Crippen LogP contribution in [0.1, 0.15) is 0 Å². The largest absolute Gasteiger partial charge is 0.369 e. The standard InChI is InChI=1S/C7H5Br2N3/c8-3-1-2-4-6(5(3)9)12-7(10)11-4/h1-2H,(H3,10,11,12). The van der Waals surface area contributed by atoms with Crippen molar-refractivity contribution in [3.8, 4) is 0 Å². The quantitative estimate of drug-likeness (QED) is 0.784. The number of aromatic amines is 1. The minimum absolute atomic E-state index is 0.434. The number of hydrogen-bond acceptors (Lipinski definition) is 2. The summed E-state index contributed by atoms with van der Waals surface area (Å²) in [6.45, 7) is 0. The van der Waals surface area contributed by atoms with Crippen LogP contribution in [0.5, 0.6) is 0 Å².